The van der Waals surface area contributed by atoms with E-state index in [0.29, 0.717) is 18.5 Å². The van der Waals surface area contributed by atoms with E-state index in [1.54, 1.807) is 12.4 Å². The number of imidazole rings is 1. The number of rotatable bonds is 2. The van der Waals surface area contributed by atoms with Crippen molar-refractivity contribution < 1.29 is 4.74 Å². The lowest BCUT2D eigenvalue weighted by Gasteiger charge is -2.26. The molecule has 2 bridgehead atoms. The van der Waals surface area contributed by atoms with Crippen molar-refractivity contribution in [2.24, 2.45) is 5.92 Å². The quantitative estimate of drug-likeness (QED) is 0.727. The van der Waals surface area contributed by atoms with E-state index in [4.69, 9.17) is 25.4 Å². The topological polar surface area (TPSA) is 108 Å². The Morgan fingerprint density at radius 1 is 1.11 bits per heavy atom. The molecule has 6 heterocycles. The van der Waals surface area contributed by atoms with Crippen LogP contribution >= 0.6 is 0 Å². The van der Waals surface area contributed by atoms with Crippen LogP contribution in [0.5, 0.6) is 0 Å². The van der Waals surface area contributed by atoms with Crippen LogP contribution in [0.25, 0.3) is 22.6 Å². The molecule has 0 spiro atoms. The number of anilines is 2. The van der Waals surface area contributed by atoms with Gasteiger partial charge in [-0.15, -0.1) is 0 Å². The van der Waals surface area contributed by atoms with Gasteiger partial charge in [-0.1, -0.05) is 0 Å². The molecular weight excluding hydrogens is 344 g/mol. The molecule has 3 aromatic heterocycles. The fourth-order valence-electron chi connectivity index (χ4n) is 4.43. The van der Waals surface area contributed by atoms with Gasteiger partial charge in [0.2, 0.25) is 5.95 Å². The Morgan fingerprint density at radius 2 is 1.93 bits per heavy atom. The number of hydrogen-bond acceptors (Lipinski definition) is 8. The molecule has 1 aliphatic carbocycles. The Kier molecular flexibility index (Phi) is 3.03. The number of ether oxygens (including phenoxy) is 1. The van der Waals surface area contributed by atoms with Crippen LogP contribution < -0.4 is 10.6 Å². The van der Waals surface area contributed by atoms with E-state index in [1.807, 2.05) is 0 Å². The van der Waals surface area contributed by atoms with Crippen molar-refractivity contribution in [3.63, 3.8) is 0 Å². The number of aromatic nitrogens is 6. The molecule has 9 heteroatoms. The van der Waals surface area contributed by atoms with Gasteiger partial charge in [-0.25, -0.2) is 24.9 Å². The van der Waals surface area contributed by atoms with Crippen molar-refractivity contribution in [2.45, 2.75) is 45.1 Å². The first-order valence-electron chi connectivity index (χ1n) is 9.39. The summed E-state index contributed by atoms with van der Waals surface area (Å²) in [4.78, 5) is 25.2. The Balaban J connectivity index is 1.58. The summed E-state index contributed by atoms with van der Waals surface area (Å²) in [5.41, 5.74) is 8.13. The average molecular weight is 364 g/mol. The third-order valence-electron chi connectivity index (χ3n) is 5.90. The molecule has 0 aromatic carbocycles. The highest BCUT2D eigenvalue weighted by Gasteiger charge is 2.44. The fourth-order valence-corrected chi connectivity index (χ4v) is 4.43. The zero-order valence-electron chi connectivity index (χ0n) is 15.0. The minimum atomic E-state index is 0.135. The van der Waals surface area contributed by atoms with Crippen LogP contribution in [0.15, 0.2) is 12.4 Å². The lowest BCUT2D eigenvalue weighted by molar-refractivity contribution is 0.0151. The highest BCUT2D eigenvalue weighted by atomic mass is 16.5. The summed E-state index contributed by atoms with van der Waals surface area (Å²) in [7, 11) is 0. The van der Waals surface area contributed by atoms with Crippen molar-refractivity contribution >= 4 is 22.9 Å². The predicted molar refractivity (Wildman–Crippen MR) is 98.9 cm³/mol. The van der Waals surface area contributed by atoms with Crippen LogP contribution in [0, 0.1) is 5.92 Å². The molecule has 3 aliphatic heterocycles. The monoisotopic (exact) mass is 364 g/mol. The summed E-state index contributed by atoms with van der Waals surface area (Å²) in [6.07, 6.45) is 5.99. The molecule has 0 unspecified atom stereocenters. The van der Waals surface area contributed by atoms with E-state index < -0.39 is 0 Å². The molecule has 3 aromatic rings. The van der Waals surface area contributed by atoms with Gasteiger partial charge in [0.1, 0.15) is 12.4 Å². The second-order valence-electron chi connectivity index (χ2n) is 7.78. The summed E-state index contributed by atoms with van der Waals surface area (Å²) < 4.78 is 7.94. The van der Waals surface area contributed by atoms with Crippen LogP contribution in [0.2, 0.25) is 0 Å². The highest BCUT2D eigenvalue weighted by molar-refractivity contribution is 5.87. The summed E-state index contributed by atoms with van der Waals surface area (Å²) in [5, 5.41) is 0. The molecule has 7 rings (SSSR count). The van der Waals surface area contributed by atoms with E-state index in [1.165, 1.54) is 12.8 Å². The number of nitrogen functional groups attached to an aromatic ring is 1. The zero-order chi connectivity index (χ0) is 18.1. The molecule has 9 nitrogen and oxygen atoms in total. The zero-order valence-corrected chi connectivity index (χ0v) is 15.0. The Bertz CT molecular complexity index is 1040. The van der Waals surface area contributed by atoms with Gasteiger partial charge in [-0.3, -0.25) is 0 Å². The van der Waals surface area contributed by atoms with Crippen molar-refractivity contribution in [1.29, 1.82) is 0 Å². The van der Waals surface area contributed by atoms with Gasteiger partial charge in [0.15, 0.2) is 22.8 Å². The van der Waals surface area contributed by atoms with Crippen LogP contribution in [0.4, 0.5) is 11.8 Å². The third-order valence-corrected chi connectivity index (χ3v) is 5.90. The van der Waals surface area contributed by atoms with E-state index in [-0.39, 0.29) is 12.1 Å². The summed E-state index contributed by atoms with van der Waals surface area (Å²) >= 11 is 0. The maximum absolute atomic E-state index is 5.78. The van der Waals surface area contributed by atoms with Gasteiger partial charge in [0.05, 0.1) is 18.2 Å². The highest BCUT2D eigenvalue weighted by Crippen LogP contribution is 2.44. The number of nitrogens with two attached hydrogens (primary N) is 1. The molecule has 1 atom stereocenters. The van der Waals surface area contributed by atoms with Crippen molar-refractivity contribution in [3.8, 4) is 11.4 Å². The number of fused-ring (bicyclic) bond motifs is 4. The lowest BCUT2D eigenvalue weighted by Crippen LogP contribution is -2.29. The van der Waals surface area contributed by atoms with Gasteiger partial charge in [-0.2, -0.15) is 0 Å². The first-order chi connectivity index (χ1) is 13.2. The van der Waals surface area contributed by atoms with Gasteiger partial charge in [0, 0.05) is 25.0 Å². The SMILES string of the molecule is C[C@H]1Cn2c(nc3c(N4CC5CC4C5)nc(-c4cnc(N)nc4)nc32)CO1. The molecule has 2 N–H and O–H groups in total. The van der Waals surface area contributed by atoms with Crippen molar-refractivity contribution in [3.05, 3.63) is 18.2 Å². The van der Waals surface area contributed by atoms with Gasteiger partial charge >= 0.3 is 0 Å². The number of nitrogens with zero attached hydrogens (tertiary/aromatic N) is 7. The molecule has 2 saturated heterocycles. The minimum absolute atomic E-state index is 0.135. The molecule has 3 fully saturated rings. The van der Waals surface area contributed by atoms with Gasteiger partial charge in [0.25, 0.3) is 0 Å². The Labute approximate surface area is 155 Å². The van der Waals surface area contributed by atoms with Crippen molar-refractivity contribution in [2.75, 3.05) is 17.2 Å². The number of hydrogen-bond donors (Lipinski definition) is 1. The predicted octanol–water partition coefficient (Wildman–Crippen LogP) is 1.38. The van der Waals surface area contributed by atoms with Gasteiger partial charge < -0.3 is 19.9 Å². The van der Waals surface area contributed by atoms with Crippen LogP contribution in [-0.4, -0.2) is 48.2 Å². The fraction of sp³-hybridized carbons (Fsp3) is 0.500. The summed E-state index contributed by atoms with van der Waals surface area (Å²) in [6, 6.07) is 0.567. The van der Waals surface area contributed by atoms with E-state index >= 15 is 0 Å². The van der Waals surface area contributed by atoms with Crippen LogP contribution in [-0.2, 0) is 17.9 Å². The molecule has 0 radical (unpaired) electrons. The molecule has 138 valence electrons. The maximum Gasteiger partial charge on any atom is 0.219 e. The first-order valence-corrected chi connectivity index (χ1v) is 9.39. The third kappa shape index (κ3) is 2.24. The standard InChI is InChI=1S/C18H20N8O/c1-9-6-26-13(8-27-9)22-14-16(25-7-10-2-12(25)3-10)23-15(24-17(14)26)11-4-20-18(19)21-5-11/h4-5,9-10,12H,2-3,6-8H2,1H3,(H2,19,20,21)/t9-,10?,12?/m0/s1. The minimum Gasteiger partial charge on any atom is -0.369 e. The molecule has 27 heavy (non-hydrogen) atoms. The molecule has 0 amide bonds. The normalized spacial score (nSPS) is 26.3. The molecular formula is C18H20N8O. The van der Waals surface area contributed by atoms with E-state index in [2.05, 4.69) is 26.4 Å². The molecule has 4 aliphatic rings. The largest absolute Gasteiger partial charge is 0.369 e. The van der Waals surface area contributed by atoms with Gasteiger partial charge in [-0.05, 0) is 25.7 Å². The van der Waals surface area contributed by atoms with Crippen LogP contribution in [0.1, 0.15) is 25.6 Å². The first kappa shape index (κ1) is 15.3. The Morgan fingerprint density at radius 3 is 2.67 bits per heavy atom. The van der Waals surface area contributed by atoms with Crippen LogP contribution in [0.3, 0.4) is 0 Å². The second-order valence-corrected chi connectivity index (χ2v) is 7.78. The summed E-state index contributed by atoms with van der Waals surface area (Å²) in [6.45, 7) is 4.36. The summed E-state index contributed by atoms with van der Waals surface area (Å²) in [5.74, 6) is 3.47. The lowest BCUT2D eigenvalue weighted by atomic mass is 9.86. The second kappa shape index (κ2) is 5.35. The average Bonchev–Trinajstić information content (AvgIpc) is 3.33. The maximum atomic E-state index is 5.78. The van der Waals surface area contributed by atoms with E-state index in [9.17, 15) is 0 Å². The van der Waals surface area contributed by atoms with Crippen molar-refractivity contribution in [1.82, 2.24) is 29.5 Å². The molecule has 1 saturated carbocycles. The smallest absolute Gasteiger partial charge is 0.219 e. The van der Waals surface area contributed by atoms with E-state index in [0.717, 1.165) is 47.4 Å². The Hall–Kier alpha value is -2.81.